The van der Waals surface area contributed by atoms with Crippen LogP contribution < -0.4 is 0 Å². The van der Waals surface area contributed by atoms with Crippen molar-refractivity contribution in [1.82, 2.24) is 0 Å². The van der Waals surface area contributed by atoms with Gasteiger partial charge in [0, 0.05) is 4.57 Å². The molecule has 0 aliphatic carbocycles. The van der Waals surface area contributed by atoms with Crippen LogP contribution >= 0.6 is 19.9 Å². The lowest BCUT2D eigenvalue weighted by molar-refractivity contribution is 0.121. The van der Waals surface area contributed by atoms with Gasteiger partial charge in [0.2, 0.25) is 6.79 Å². The molecule has 0 spiro atoms. The van der Waals surface area contributed by atoms with E-state index >= 15 is 0 Å². The van der Waals surface area contributed by atoms with Crippen molar-refractivity contribution >= 4 is 30.0 Å². The van der Waals surface area contributed by atoms with Crippen LogP contribution in [0.15, 0.2) is 29.2 Å². The molecular formula is C7H7ClO6PS+. The first-order chi connectivity index (χ1) is 7.43. The van der Waals surface area contributed by atoms with E-state index in [9.17, 15) is 13.0 Å². The summed E-state index contributed by atoms with van der Waals surface area (Å²) in [6.45, 7) is -0.848. The summed E-state index contributed by atoms with van der Waals surface area (Å²) < 4.78 is 41.4. The van der Waals surface area contributed by atoms with Gasteiger partial charge in [0.05, 0.1) is 5.02 Å². The molecule has 0 amide bonds. The van der Waals surface area contributed by atoms with Crippen LogP contribution in [0.5, 0.6) is 0 Å². The molecule has 0 aromatic heterocycles. The monoisotopic (exact) mass is 285 g/mol. The Morgan fingerprint density at radius 1 is 1.38 bits per heavy atom. The Labute approximate surface area is 97.8 Å². The molecule has 1 atom stereocenters. The topological polar surface area (TPSA) is 89.9 Å². The van der Waals surface area contributed by atoms with Crippen molar-refractivity contribution < 1.29 is 26.6 Å². The fourth-order valence-electron chi connectivity index (χ4n) is 0.841. The summed E-state index contributed by atoms with van der Waals surface area (Å²) in [5, 5.41) is -0.00381. The van der Waals surface area contributed by atoms with E-state index in [1.807, 2.05) is 0 Å². The minimum absolute atomic E-state index is 0.00381. The average Bonchev–Trinajstić information content (AvgIpc) is 2.17. The normalized spacial score (nSPS) is 12.5. The molecule has 16 heavy (non-hydrogen) atoms. The van der Waals surface area contributed by atoms with E-state index < -0.39 is 25.2 Å². The summed E-state index contributed by atoms with van der Waals surface area (Å²) in [5.74, 6) is 0. The van der Waals surface area contributed by atoms with Gasteiger partial charge in [-0.1, -0.05) is 28.3 Å². The summed E-state index contributed by atoms with van der Waals surface area (Å²) in [6, 6.07) is 5.65. The van der Waals surface area contributed by atoms with Crippen LogP contribution in [0.25, 0.3) is 0 Å². The Bertz CT molecular complexity index is 487. The average molecular weight is 286 g/mol. The Kier molecular flexibility index (Phi) is 4.79. The molecule has 0 aliphatic rings. The molecule has 0 heterocycles. The lowest BCUT2D eigenvalue weighted by atomic mass is 10.4. The van der Waals surface area contributed by atoms with E-state index in [0.717, 1.165) is 0 Å². The smallest absolute Gasteiger partial charge is 0.232 e. The van der Waals surface area contributed by atoms with Gasteiger partial charge in [-0.3, -0.25) is 0 Å². The molecule has 88 valence electrons. The van der Waals surface area contributed by atoms with E-state index in [1.54, 1.807) is 6.07 Å². The Morgan fingerprint density at radius 2 is 2.00 bits per heavy atom. The maximum Gasteiger partial charge on any atom is 0.697 e. The zero-order chi connectivity index (χ0) is 12.2. The van der Waals surface area contributed by atoms with Gasteiger partial charge in [0.25, 0.3) is 0 Å². The fourth-order valence-corrected chi connectivity index (χ4v) is 2.33. The third-order valence-electron chi connectivity index (χ3n) is 1.47. The van der Waals surface area contributed by atoms with E-state index in [2.05, 4.69) is 8.71 Å². The van der Waals surface area contributed by atoms with E-state index in [4.69, 9.17) is 16.5 Å². The highest BCUT2D eigenvalue weighted by Crippen LogP contribution is 2.23. The quantitative estimate of drug-likeness (QED) is 0.503. The van der Waals surface area contributed by atoms with Crippen molar-refractivity contribution in [3.63, 3.8) is 0 Å². The fraction of sp³-hybridized carbons (Fsp3) is 0.143. The summed E-state index contributed by atoms with van der Waals surface area (Å²) >= 11 is 5.64. The number of halogens is 1. The van der Waals surface area contributed by atoms with Crippen LogP contribution in [0.4, 0.5) is 0 Å². The van der Waals surface area contributed by atoms with E-state index in [-0.39, 0.29) is 9.92 Å². The highest BCUT2D eigenvalue weighted by atomic mass is 35.5. The molecule has 1 N–H and O–H groups in total. The third kappa shape index (κ3) is 3.79. The van der Waals surface area contributed by atoms with Gasteiger partial charge in [0.15, 0.2) is 0 Å². The number of rotatable bonds is 5. The van der Waals surface area contributed by atoms with Crippen molar-refractivity contribution in [2.45, 2.75) is 4.90 Å². The van der Waals surface area contributed by atoms with Crippen LogP contribution in [0.3, 0.4) is 0 Å². The van der Waals surface area contributed by atoms with Gasteiger partial charge in [-0.2, -0.15) is 8.42 Å². The number of hydrogen-bond donors (Lipinski definition) is 1. The van der Waals surface area contributed by atoms with Gasteiger partial charge in [-0.05, 0) is 12.1 Å². The minimum Gasteiger partial charge on any atom is -0.232 e. The molecule has 0 bridgehead atoms. The molecule has 1 aromatic rings. The second-order valence-electron chi connectivity index (χ2n) is 2.49. The lowest BCUT2D eigenvalue weighted by Gasteiger charge is -2.03. The standard InChI is InChI=1S/C7H6ClO6PS/c8-6-3-1-2-4-7(6)16(11,12)14-5-13-15(9)10/h1-4H,5H2/p+1. The van der Waals surface area contributed by atoms with Crippen molar-refractivity contribution in [3.05, 3.63) is 29.3 Å². The van der Waals surface area contributed by atoms with Crippen molar-refractivity contribution in [2.75, 3.05) is 6.79 Å². The molecular weight excluding hydrogens is 279 g/mol. The zero-order valence-corrected chi connectivity index (χ0v) is 10.2. The first-order valence-corrected chi connectivity index (χ1v) is 6.78. The minimum atomic E-state index is -4.08. The highest BCUT2D eigenvalue weighted by Gasteiger charge is 2.21. The molecule has 0 fully saturated rings. The maximum atomic E-state index is 11.5. The summed E-state index contributed by atoms with van der Waals surface area (Å²) in [5.41, 5.74) is 0. The van der Waals surface area contributed by atoms with Gasteiger partial charge in [0.1, 0.15) is 4.90 Å². The molecule has 6 nitrogen and oxygen atoms in total. The Hall–Kier alpha value is -0.560. The first kappa shape index (κ1) is 13.5. The van der Waals surface area contributed by atoms with Gasteiger partial charge >= 0.3 is 18.4 Å². The van der Waals surface area contributed by atoms with E-state index in [1.165, 1.54) is 18.2 Å². The first-order valence-electron chi connectivity index (χ1n) is 3.86. The molecule has 0 aliphatic heterocycles. The van der Waals surface area contributed by atoms with Crippen LogP contribution in [-0.4, -0.2) is 20.1 Å². The second-order valence-corrected chi connectivity index (χ2v) is 5.21. The Balaban J connectivity index is 2.79. The number of hydrogen-bond acceptors (Lipinski definition) is 5. The highest BCUT2D eigenvalue weighted by molar-refractivity contribution is 7.86. The molecule has 9 heteroatoms. The number of benzene rings is 1. The van der Waals surface area contributed by atoms with Gasteiger partial charge < -0.3 is 0 Å². The van der Waals surface area contributed by atoms with Crippen molar-refractivity contribution in [1.29, 1.82) is 0 Å². The molecule has 0 radical (unpaired) electrons. The molecule has 1 aromatic carbocycles. The van der Waals surface area contributed by atoms with Crippen LogP contribution in [-0.2, 0) is 23.4 Å². The maximum absolute atomic E-state index is 11.5. The summed E-state index contributed by atoms with van der Waals surface area (Å²) in [4.78, 5) is 8.03. The molecule has 1 unspecified atom stereocenters. The Morgan fingerprint density at radius 3 is 2.56 bits per heavy atom. The molecule has 0 saturated carbocycles. The van der Waals surface area contributed by atoms with Gasteiger partial charge in [-0.25, -0.2) is 4.18 Å². The van der Waals surface area contributed by atoms with E-state index in [0.29, 0.717) is 0 Å². The van der Waals surface area contributed by atoms with Crippen LogP contribution in [0.1, 0.15) is 0 Å². The predicted octanol–water partition coefficient (Wildman–Crippen LogP) is 1.67. The zero-order valence-electron chi connectivity index (χ0n) is 7.74. The van der Waals surface area contributed by atoms with Crippen molar-refractivity contribution in [2.24, 2.45) is 0 Å². The lowest BCUT2D eigenvalue weighted by Crippen LogP contribution is -2.08. The third-order valence-corrected chi connectivity index (χ3v) is 3.54. The van der Waals surface area contributed by atoms with Crippen LogP contribution in [0, 0.1) is 0 Å². The molecule has 0 saturated heterocycles. The SMILES string of the molecule is O=[P+](O)OCOS(=O)(=O)c1ccccc1Cl. The molecule has 1 rings (SSSR count). The summed E-state index contributed by atoms with van der Waals surface area (Å²) in [7, 11) is -6.99. The predicted molar refractivity (Wildman–Crippen MR) is 55.5 cm³/mol. The van der Waals surface area contributed by atoms with Gasteiger partial charge in [-0.15, -0.1) is 4.89 Å². The van der Waals surface area contributed by atoms with Crippen molar-refractivity contribution in [3.8, 4) is 0 Å². The van der Waals surface area contributed by atoms with Crippen LogP contribution in [0.2, 0.25) is 5.02 Å². The largest absolute Gasteiger partial charge is 0.697 e. The summed E-state index contributed by atoms with van der Waals surface area (Å²) in [6.07, 6.45) is 0. The second kappa shape index (κ2) is 5.67.